The van der Waals surface area contributed by atoms with E-state index in [0.717, 1.165) is 24.5 Å². The van der Waals surface area contributed by atoms with Gasteiger partial charge in [-0.3, -0.25) is 0 Å². The topological polar surface area (TPSA) is 104 Å². The van der Waals surface area contributed by atoms with Crippen LogP contribution < -0.4 is 30.1 Å². The summed E-state index contributed by atoms with van der Waals surface area (Å²) < 4.78 is 23.4. The Morgan fingerprint density at radius 1 is 1.03 bits per heavy atom. The molecule has 0 fully saturated rings. The molecule has 0 saturated carbocycles. The van der Waals surface area contributed by atoms with E-state index >= 15 is 0 Å². The Morgan fingerprint density at radius 3 is 2.31 bits per heavy atom. The first-order valence-electron chi connectivity index (χ1n) is 10.5. The highest BCUT2D eigenvalue weighted by molar-refractivity contribution is 9.10. The molecule has 0 bridgehead atoms. The highest BCUT2D eigenvalue weighted by Gasteiger charge is 2.11. The molecule has 0 unspecified atom stereocenters. The van der Waals surface area contributed by atoms with E-state index < -0.39 is 6.03 Å². The fraction of sp³-hybridized carbons (Fsp3) is 0.391. The Morgan fingerprint density at radius 2 is 1.69 bits per heavy atom. The number of halogens is 1. The van der Waals surface area contributed by atoms with Gasteiger partial charge in [-0.05, 0) is 64.3 Å². The molecule has 2 amide bonds. The molecule has 174 valence electrons. The van der Waals surface area contributed by atoms with Crippen molar-refractivity contribution in [3.63, 3.8) is 0 Å². The Labute approximate surface area is 197 Å². The average molecular weight is 508 g/mol. The molecule has 0 saturated heterocycles. The van der Waals surface area contributed by atoms with Gasteiger partial charge in [-0.2, -0.15) is 5.10 Å². The van der Waals surface area contributed by atoms with E-state index in [1.54, 1.807) is 19.2 Å². The monoisotopic (exact) mass is 507 g/mol. The highest BCUT2D eigenvalue weighted by atomic mass is 79.9. The molecule has 0 radical (unpaired) electrons. The maximum Gasteiger partial charge on any atom is 0.332 e. The molecule has 32 heavy (non-hydrogen) atoms. The number of nitrogens with one attached hydrogen (secondary N) is 1. The fourth-order valence-corrected chi connectivity index (χ4v) is 3.35. The number of methoxy groups -OCH3 is 1. The Balaban J connectivity index is 1.80. The Hall–Kier alpha value is -2.94. The molecule has 2 rings (SSSR count). The third-order valence-corrected chi connectivity index (χ3v) is 4.92. The van der Waals surface area contributed by atoms with Gasteiger partial charge in [0.2, 0.25) is 0 Å². The van der Waals surface area contributed by atoms with E-state index in [1.807, 2.05) is 24.3 Å². The number of hydrazone groups is 1. The first kappa shape index (κ1) is 25.3. The molecule has 8 nitrogen and oxygen atoms in total. The van der Waals surface area contributed by atoms with Gasteiger partial charge in [0, 0.05) is 0 Å². The van der Waals surface area contributed by atoms with Crippen LogP contribution in [0.1, 0.15) is 38.2 Å². The van der Waals surface area contributed by atoms with Crippen LogP contribution in [0.5, 0.6) is 23.0 Å². The summed E-state index contributed by atoms with van der Waals surface area (Å²) in [6, 6.07) is 10.3. The second-order valence-electron chi connectivity index (χ2n) is 6.85. The van der Waals surface area contributed by atoms with Crippen molar-refractivity contribution in [3.05, 3.63) is 46.4 Å². The fourth-order valence-electron chi connectivity index (χ4n) is 2.78. The summed E-state index contributed by atoms with van der Waals surface area (Å²) in [5, 5.41) is 3.73. The van der Waals surface area contributed by atoms with Gasteiger partial charge in [0.1, 0.15) is 24.7 Å². The summed E-state index contributed by atoms with van der Waals surface area (Å²) in [5.41, 5.74) is 7.82. The summed E-state index contributed by atoms with van der Waals surface area (Å²) in [6.45, 7) is 3.61. The van der Waals surface area contributed by atoms with Crippen molar-refractivity contribution in [2.75, 3.05) is 26.9 Å². The Bertz CT molecular complexity index is 875. The van der Waals surface area contributed by atoms with Gasteiger partial charge in [-0.15, -0.1) is 0 Å². The summed E-state index contributed by atoms with van der Waals surface area (Å²) in [5.74, 6) is 2.64. The molecular weight excluding hydrogens is 478 g/mol. The SMILES string of the molecule is CCCCCCOc1ccc(OCCOc2c(Br)cc(C=NNC(N)=O)cc2OC)cc1. The molecule has 0 atom stereocenters. The number of nitrogens with zero attached hydrogens (tertiary/aromatic N) is 1. The lowest BCUT2D eigenvalue weighted by molar-refractivity contribution is 0.210. The molecule has 0 aliphatic heterocycles. The van der Waals surface area contributed by atoms with Crippen LogP contribution in [0.3, 0.4) is 0 Å². The van der Waals surface area contributed by atoms with Crippen LogP contribution in [0.4, 0.5) is 4.79 Å². The number of rotatable bonds is 14. The largest absolute Gasteiger partial charge is 0.494 e. The third kappa shape index (κ3) is 9.05. The molecule has 9 heteroatoms. The molecule has 2 aromatic rings. The quantitative estimate of drug-likeness (QED) is 0.215. The number of carbonyl (C=O) groups is 1. The molecule has 0 heterocycles. The molecule has 3 N–H and O–H groups in total. The lowest BCUT2D eigenvalue weighted by Gasteiger charge is -2.14. The van der Waals surface area contributed by atoms with E-state index in [4.69, 9.17) is 24.7 Å². The van der Waals surface area contributed by atoms with Gasteiger partial charge >= 0.3 is 6.03 Å². The molecule has 0 aromatic heterocycles. The minimum atomic E-state index is -0.739. The van der Waals surface area contributed by atoms with Gasteiger partial charge in [0.25, 0.3) is 0 Å². The average Bonchev–Trinajstić information content (AvgIpc) is 2.78. The number of benzene rings is 2. The molecule has 2 aromatic carbocycles. The second kappa shape index (κ2) is 14.2. The van der Waals surface area contributed by atoms with E-state index in [0.29, 0.717) is 34.7 Å². The van der Waals surface area contributed by atoms with Gasteiger partial charge < -0.3 is 24.7 Å². The van der Waals surface area contributed by atoms with Crippen LogP contribution >= 0.6 is 15.9 Å². The first-order valence-corrected chi connectivity index (χ1v) is 11.3. The number of carbonyl (C=O) groups excluding carboxylic acids is 1. The van der Waals surface area contributed by atoms with E-state index in [1.165, 1.54) is 25.5 Å². The smallest absolute Gasteiger partial charge is 0.332 e. The summed E-state index contributed by atoms with van der Waals surface area (Å²) >= 11 is 3.47. The summed E-state index contributed by atoms with van der Waals surface area (Å²) in [4.78, 5) is 10.7. The van der Waals surface area contributed by atoms with Crippen LogP contribution in [0.15, 0.2) is 46.0 Å². The van der Waals surface area contributed by atoms with Crippen molar-refractivity contribution in [1.29, 1.82) is 0 Å². The number of unbranched alkanes of at least 4 members (excludes halogenated alkanes) is 3. The molecular formula is C23H30BrN3O5. The predicted octanol–water partition coefficient (Wildman–Crippen LogP) is 4.88. The summed E-state index contributed by atoms with van der Waals surface area (Å²) in [7, 11) is 1.54. The third-order valence-electron chi connectivity index (χ3n) is 4.33. The van der Waals surface area contributed by atoms with Crippen molar-refractivity contribution in [1.82, 2.24) is 5.43 Å². The zero-order valence-corrected chi connectivity index (χ0v) is 20.0. The first-order chi connectivity index (χ1) is 15.5. The van der Waals surface area contributed by atoms with Crippen LogP contribution in [-0.2, 0) is 0 Å². The summed E-state index contributed by atoms with van der Waals surface area (Å²) in [6.07, 6.45) is 6.18. The van der Waals surface area contributed by atoms with Crippen LogP contribution in [0.25, 0.3) is 0 Å². The molecule has 0 aliphatic rings. The number of hydrogen-bond donors (Lipinski definition) is 2. The lowest BCUT2D eigenvalue weighted by Crippen LogP contribution is -2.24. The Kier molecular flexibility index (Phi) is 11.2. The van der Waals surface area contributed by atoms with E-state index in [-0.39, 0.29) is 0 Å². The highest BCUT2D eigenvalue weighted by Crippen LogP contribution is 2.36. The predicted molar refractivity (Wildman–Crippen MR) is 128 cm³/mol. The number of primary amides is 1. The molecule has 0 spiro atoms. The number of ether oxygens (including phenoxy) is 4. The van der Waals surface area contributed by atoms with Gasteiger partial charge in [0.05, 0.1) is 24.4 Å². The minimum Gasteiger partial charge on any atom is -0.494 e. The van der Waals surface area contributed by atoms with E-state index in [9.17, 15) is 4.79 Å². The number of urea groups is 1. The van der Waals surface area contributed by atoms with Crippen LogP contribution in [0, 0.1) is 0 Å². The van der Waals surface area contributed by atoms with Crippen molar-refractivity contribution in [2.24, 2.45) is 10.8 Å². The zero-order valence-electron chi connectivity index (χ0n) is 18.4. The maximum absolute atomic E-state index is 10.7. The normalized spacial score (nSPS) is 10.7. The second-order valence-corrected chi connectivity index (χ2v) is 7.70. The van der Waals surface area contributed by atoms with Gasteiger partial charge in [0.15, 0.2) is 11.5 Å². The minimum absolute atomic E-state index is 0.321. The molecule has 0 aliphatic carbocycles. The standard InChI is InChI=1S/C23H30BrN3O5/c1-3-4-5-6-11-30-18-7-9-19(10-8-18)31-12-13-32-22-20(24)14-17(15-21(22)29-2)16-26-27-23(25)28/h7-10,14-16H,3-6,11-13H2,1-2H3,(H3,25,27,28). The van der Waals surface area contributed by atoms with Crippen LogP contribution in [0.2, 0.25) is 0 Å². The number of nitrogens with two attached hydrogens (primary N) is 1. The van der Waals surface area contributed by atoms with Crippen molar-refractivity contribution >= 4 is 28.2 Å². The van der Waals surface area contributed by atoms with E-state index in [2.05, 4.69) is 33.4 Å². The maximum atomic E-state index is 10.7. The van der Waals surface area contributed by atoms with Crippen molar-refractivity contribution < 1.29 is 23.7 Å². The van der Waals surface area contributed by atoms with Gasteiger partial charge in [-0.1, -0.05) is 26.2 Å². The zero-order chi connectivity index (χ0) is 23.2. The number of amides is 2. The van der Waals surface area contributed by atoms with Crippen LogP contribution in [-0.4, -0.2) is 39.2 Å². The lowest BCUT2D eigenvalue weighted by atomic mass is 10.2. The van der Waals surface area contributed by atoms with Crippen molar-refractivity contribution in [3.8, 4) is 23.0 Å². The van der Waals surface area contributed by atoms with Gasteiger partial charge in [-0.25, -0.2) is 10.2 Å². The van der Waals surface area contributed by atoms with Crippen molar-refractivity contribution in [2.45, 2.75) is 32.6 Å². The number of hydrogen-bond acceptors (Lipinski definition) is 6.